The standard InChI is InChI=1S/C16H21N3O2/c1-19-12-5-3-2-4-11(12)17-15(19)18-13-10-14(20)16(13)6-8-21-9-7-16/h2-5,13-14,20H,6-10H2,1H3,(H,17,18)/t13-,14-/m1/s1. The first-order valence-electron chi connectivity index (χ1n) is 7.64. The lowest BCUT2D eigenvalue weighted by Gasteiger charge is -2.55. The molecular weight excluding hydrogens is 266 g/mol. The monoisotopic (exact) mass is 287 g/mol. The average Bonchev–Trinajstić information content (AvgIpc) is 2.85. The van der Waals surface area contributed by atoms with Crippen molar-refractivity contribution in [1.82, 2.24) is 9.55 Å². The van der Waals surface area contributed by atoms with Gasteiger partial charge in [0.05, 0.1) is 17.1 Å². The van der Waals surface area contributed by atoms with Crippen molar-refractivity contribution in [2.45, 2.75) is 31.4 Å². The second-order valence-corrected chi connectivity index (χ2v) is 6.28. The number of aliphatic hydroxyl groups is 1. The van der Waals surface area contributed by atoms with Crippen LogP contribution in [0.25, 0.3) is 11.0 Å². The molecule has 2 N–H and O–H groups in total. The van der Waals surface area contributed by atoms with Gasteiger partial charge in [-0.05, 0) is 31.4 Å². The van der Waals surface area contributed by atoms with Crippen molar-refractivity contribution in [3.8, 4) is 0 Å². The Kier molecular flexibility index (Phi) is 2.94. The zero-order valence-corrected chi connectivity index (χ0v) is 12.2. The maximum Gasteiger partial charge on any atom is 0.203 e. The summed E-state index contributed by atoms with van der Waals surface area (Å²) in [6.07, 6.45) is 2.43. The molecule has 2 aliphatic rings. The smallest absolute Gasteiger partial charge is 0.203 e. The van der Waals surface area contributed by atoms with E-state index in [0.29, 0.717) is 0 Å². The van der Waals surface area contributed by atoms with Gasteiger partial charge in [0.25, 0.3) is 0 Å². The number of ether oxygens (including phenoxy) is 1. The second kappa shape index (κ2) is 4.71. The number of fused-ring (bicyclic) bond motifs is 1. The van der Waals surface area contributed by atoms with E-state index in [9.17, 15) is 5.11 Å². The number of nitrogens with one attached hydrogen (secondary N) is 1. The van der Waals surface area contributed by atoms with Gasteiger partial charge in [-0.1, -0.05) is 12.1 Å². The topological polar surface area (TPSA) is 59.3 Å². The third-order valence-corrected chi connectivity index (χ3v) is 5.33. The number of hydrogen-bond donors (Lipinski definition) is 2. The summed E-state index contributed by atoms with van der Waals surface area (Å²) in [6, 6.07) is 8.42. The highest BCUT2D eigenvalue weighted by molar-refractivity contribution is 5.78. The number of rotatable bonds is 2. The van der Waals surface area contributed by atoms with E-state index in [1.54, 1.807) is 0 Å². The number of benzene rings is 1. The molecule has 0 unspecified atom stereocenters. The first-order valence-corrected chi connectivity index (χ1v) is 7.64. The molecule has 2 atom stereocenters. The molecule has 21 heavy (non-hydrogen) atoms. The van der Waals surface area contributed by atoms with Crippen LogP contribution in [0.4, 0.5) is 5.95 Å². The van der Waals surface area contributed by atoms with Gasteiger partial charge in [-0.2, -0.15) is 0 Å². The quantitative estimate of drug-likeness (QED) is 0.886. The van der Waals surface area contributed by atoms with Crippen LogP contribution in [-0.4, -0.2) is 40.0 Å². The summed E-state index contributed by atoms with van der Waals surface area (Å²) in [6.45, 7) is 1.50. The van der Waals surface area contributed by atoms with Crippen molar-refractivity contribution in [1.29, 1.82) is 0 Å². The van der Waals surface area contributed by atoms with Crippen molar-refractivity contribution in [2.24, 2.45) is 12.5 Å². The van der Waals surface area contributed by atoms with Crippen LogP contribution in [-0.2, 0) is 11.8 Å². The molecule has 0 amide bonds. The van der Waals surface area contributed by atoms with Gasteiger partial charge in [0, 0.05) is 31.7 Å². The van der Waals surface area contributed by atoms with E-state index in [-0.39, 0.29) is 17.6 Å². The van der Waals surface area contributed by atoms with Crippen LogP contribution in [0.15, 0.2) is 24.3 Å². The van der Waals surface area contributed by atoms with Gasteiger partial charge in [0.15, 0.2) is 0 Å². The lowest BCUT2D eigenvalue weighted by atomic mass is 9.58. The third-order valence-electron chi connectivity index (χ3n) is 5.33. The third kappa shape index (κ3) is 1.88. The van der Waals surface area contributed by atoms with Gasteiger partial charge in [-0.25, -0.2) is 4.98 Å². The number of hydrogen-bond acceptors (Lipinski definition) is 4. The van der Waals surface area contributed by atoms with Gasteiger partial charge >= 0.3 is 0 Å². The Morgan fingerprint density at radius 1 is 1.33 bits per heavy atom. The van der Waals surface area contributed by atoms with Crippen LogP contribution in [0.5, 0.6) is 0 Å². The summed E-state index contributed by atoms with van der Waals surface area (Å²) in [4.78, 5) is 4.68. The van der Waals surface area contributed by atoms with Crippen molar-refractivity contribution in [3.05, 3.63) is 24.3 Å². The van der Waals surface area contributed by atoms with E-state index >= 15 is 0 Å². The molecule has 1 aromatic carbocycles. The fraction of sp³-hybridized carbons (Fsp3) is 0.562. The number of aliphatic hydroxyl groups excluding tert-OH is 1. The largest absolute Gasteiger partial charge is 0.392 e. The summed E-state index contributed by atoms with van der Waals surface area (Å²) in [5.41, 5.74) is 2.10. The molecule has 1 saturated heterocycles. The molecule has 1 aromatic heterocycles. The number of aryl methyl sites for hydroxylation is 1. The van der Waals surface area contributed by atoms with E-state index in [1.807, 2.05) is 25.2 Å². The highest BCUT2D eigenvalue weighted by Crippen LogP contribution is 2.50. The minimum absolute atomic E-state index is 0.0314. The maximum absolute atomic E-state index is 10.3. The summed E-state index contributed by atoms with van der Waals surface area (Å²) >= 11 is 0. The molecule has 1 spiro atoms. The molecule has 112 valence electrons. The molecule has 0 radical (unpaired) electrons. The maximum atomic E-state index is 10.3. The molecule has 2 aromatic rings. The molecule has 5 nitrogen and oxygen atoms in total. The normalized spacial score (nSPS) is 27.7. The molecular formula is C16H21N3O2. The van der Waals surface area contributed by atoms with Crippen LogP contribution in [0.1, 0.15) is 19.3 Å². The lowest BCUT2D eigenvalue weighted by Crippen LogP contribution is -2.62. The molecule has 5 heteroatoms. The van der Waals surface area contributed by atoms with Gasteiger partial charge < -0.3 is 19.7 Å². The Morgan fingerprint density at radius 3 is 2.81 bits per heavy atom. The fourth-order valence-corrected chi connectivity index (χ4v) is 3.83. The van der Waals surface area contributed by atoms with E-state index in [2.05, 4.69) is 20.9 Å². The molecule has 4 rings (SSSR count). The highest BCUT2D eigenvalue weighted by atomic mass is 16.5. The highest BCUT2D eigenvalue weighted by Gasteiger charge is 2.55. The molecule has 2 heterocycles. The summed E-state index contributed by atoms with van der Waals surface area (Å²) in [5, 5.41) is 13.8. The molecule has 1 aliphatic heterocycles. The SMILES string of the molecule is Cn1c(N[C@@H]2C[C@@H](O)C23CCOCC3)nc2ccccc21. The summed E-state index contributed by atoms with van der Waals surface area (Å²) in [7, 11) is 2.03. The fourth-order valence-electron chi connectivity index (χ4n) is 3.83. The molecule has 1 saturated carbocycles. The van der Waals surface area contributed by atoms with Gasteiger partial charge in [-0.15, -0.1) is 0 Å². The zero-order valence-electron chi connectivity index (χ0n) is 12.2. The van der Waals surface area contributed by atoms with Crippen molar-refractivity contribution >= 4 is 17.0 Å². The Balaban J connectivity index is 1.61. The lowest BCUT2D eigenvalue weighted by molar-refractivity contribution is -0.133. The summed E-state index contributed by atoms with van der Waals surface area (Å²) < 4.78 is 7.55. The number of imidazole rings is 1. The van der Waals surface area contributed by atoms with Crippen molar-refractivity contribution in [2.75, 3.05) is 18.5 Å². The Morgan fingerprint density at radius 2 is 2.10 bits per heavy atom. The number of nitrogens with zero attached hydrogens (tertiary/aromatic N) is 2. The van der Waals surface area contributed by atoms with Crippen LogP contribution in [0.2, 0.25) is 0 Å². The van der Waals surface area contributed by atoms with Gasteiger partial charge in [0.1, 0.15) is 0 Å². The van der Waals surface area contributed by atoms with Crippen LogP contribution < -0.4 is 5.32 Å². The second-order valence-electron chi connectivity index (χ2n) is 6.28. The minimum Gasteiger partial charge on any atom is -0.392 e. The van der Waals surface area contributed by atoms with Crippen LogP contribution >= 0.6 is 0 Å². The molecule has 0 bridgehead atoms. The minimum atomic E-state index is -0.214. The van der Waals surface area contributed by atoms with Crippen LogP contribution in [0, 0.1) is 5.41 Å². The van der Waals surface area contributed by atoms with Gasteiger partial charge in [-0.3, -0.25) is 0 Å². The van der Waals surface area contributed by atoms with Gasteiger partial charge in [0.2, 0.25) is 5.95 Å². The van der Waals surface area contributed by atoms with E-state index in [0.717, 1.165) is 49.5 Å². The van der Waals surface area contributed by atoms with E-state index in [1.165, 1.54) is 0 Å². The number of aromatic nitrogens is 2. The number of anilines is 1. The predicted octanol–water partition coefficient (Wildman–Crippen LogP) is 1.92. The van der Waals surface area contributed by atoms with Crippen molar-refractivity contribution in [3.63, 3.8) is 0 Å². The molecule has 1 aliphatic carbocycles. The Labute approximate surface area is 123 Å². The predicted molar refractivity (Wildman–Crippen MR) is 81.2 cm³/mol. The molecule has 2 fully saturated rings. The van der Waals surface area contributed by atoms with Crippen molar-refractivity contribution < 1.29 is 9.84 Å². The first-order chi connectivity index (χ1) is 10.2. The Bertz CT molecular complexity index is 661. The van der Waals surface area contributed by atoms with Crippen LogP contribution in [0.3, 0.4) is 0 Å². The van der Waals surface area contributed by atoms with E-state index < -0.39 is 0 Å². The Hall–Kier alpha value is -1.59. The summed E-state index contributed by atoms with van der Waals surface area (Å²) in [5.74, 6) is 0.888. The average molecular weight is 287 g/mol. The number of para-hydroxylation sites is 2. The van der Waals surface area contributed by atoms with E-state index in [4.69, 9.17) is 4.74 Å². The zero-order chi connectivity index (χ0) is 14.4. The first kappa shape index (κ1) is 13.1.